The molecule has 1 aromatic carbocycles. The maximum Gasteiger partial charge on any atom is 0.294 e. The molecule has 2 aromatic rings. The standard InChI is InChI=1S/C13H13N3O3/c1-8-7-11(19-16-8)13(18)15-10-6-4-3-5-9(10)12(17)14-2/h3-7H,1-2H3,(H,14,17)(H,15,18). The number of carbonyl (C=O) groups is 2. The maximum absolute atomic E-state index is 11.9. The molecule has 0 aliphatic heterocycles. The van der Waals surface area contributed by atoms with E-state index >= 15 is 0 Å². The third-order valence-electron chi connectivity index (χ3n) is 2.50. The summed E-state index contributed by atoms with van der Waals surface area (Å²) in [7, 11) is 1.53. The number of para-hydroxylation sites is 1. The fourth-order valence-corrected chi connectivity index (χ4v) is 1.58. The molecule has 6 nitrogen and oxygen atoms in total. The Morgan fingerprint density at radius 2 is 1.95 bits per heavy atom. The predicted octanol–water partition coefficient (Wildman–Crippen LogP) is 1.59. The van der Waals surface area contributed by atoms with Gasteiger partial charge in [-0.05, 0) is 19.1 Å². The van der Waals surface area contributed by atoms with Crippen molar-refractivity contribution in [3.8, 4) is 0 Å². The summed E-state index contributed by atoms with van der Waals surface area (Å²) >= 11 is 0. The summed E-state index contributed by atoms with van der Waals surface area (Å²) in [6.07, 6.45) is 0. The van der Waals surface area contributed by atoms with Gasteiger partial charge in [0.05, 0.1) is 16.9 Å². The second-order valence-electron chi connectivity index (χ2n) is 3.91. The molecule has 0 radical (unpaired) electrons. The third kappa shape index (κ3) is 2.79. The van der Waals surface area contributed by atoms with Crippen molar-refractivity contribution in [1.29, 1.82) is 0 Å². The van der Waals surface area contributed by atoms with E-state index in [0.29, 0.717) is 16.9 Å². The van der Waals surface area contributed by atoms with Crippen LogP contribution in [0.4, 0.5) is 5.69 Å². The number of nitrogens with zero attached hydrogens (tertiary/aromatic N) is 1. The molecule has 0 saturated carbocycles. The van der Waals surface area contributed by atoms with Gasteiger partial charge < -0.3 is 15.2 Å². The smallest absolute Gasteiger partial charge is 0.294 e. The zero-order chi connectivity index (χ0) is 13.8. The van der Waals surface area contributed by atoms with Gasteiger partial charge in [0.2, 0.25) is 5.76 Å². The van der Waals surface area contributed by atoms with E-state index in [4.69, 9.17) is 4.52 Å². The van der Waals surface area contributed by atoms with Gasteiger partial charge in [-0.2, -0.15) is 0 Å². The van der Waals surface area contributed by atoms with E-state index in [2.05, 4.69) is 15.8 Å². The molecule has 19 heavy (non-hydrogen) atoms. The predicted molar refractivity (Wildman–Crippen MR) is 69.0 cm³/mol. The van der Waals surface area contributed by atoms with E-state index < -0.39 is 5.91 Å². The van der Waals surface area contributed by atoms with E-state index in [1.807, 2.05) is 0 Å². The highest BCUT2D eigenvalue weighted by molar-refractivity contribution is 6.07. The number of hydrogen-bond donors (Lipinski definition) is 2. The number of hydrogen-bond acceptors (Lipinski definition) is 4. The highest BCUT2D eigenvalue weighted by atomic mass is 16.5. The van der Waals surface area contributed by atoms with Gasteiger partial charge in [-0.15, -0.1) is 0 Å². The largest absolute Gasteiger partial charge is 0.355 e. The lowest BCUT2D eigenvalue weighted by molar-refractivity contribution is 0.0964. The number of benzene rings is 1. The average Bonchev–Trinajstić information content (AvgIpc) is 2.85. The molecule has 2 amide bonds. The van der Waals surface area contributed by atoms with Gasteiger partial charge in [-0.1, -0.05) is 17.3 Å². The van der Waals surface area contributed by atoms with Crippen LogP contribution in [-0.4, -0.2) is 24.0 Å². The summed E-state index contributed by atoms with van der Waals surface area (Å²) in [5.74, 6) is -0.620. The van der Waals surface area contributed by atoms with E-state index in [0.717, 1.165) is 0 Å². The fourth-order valence-electron chi connectivity index (χ4n) is 1.58. The summed E-state index contributed by atoms with van der Waals surface area (Å²) in [6.45, 7) is 1.72. The minimum absolute atomic E-state index is 0.101. The summed E-state index contributed by atoms with van der Waals surface area (Å²) in [5.41, 5.74) is 1.42. The van der Waals surface area contributed by atoms with Crippen LogP contribution < -0.4 is 10.6 Å². The highest BCUT2D eigenvalue weighted by Gasteiger charge is 2.15. The van der Waals surface area contributed by atoms with Crippen LogP contribution in [0.5, 0.6) is 0 Å². The lowest BCUT2D eigenvalue weighted by atomic mass is 10.1. The molecule has 0 aliphatic rings. The van der Waals surface area contributed by atoms with Crippen molar-refractivity contribution in [2.45, 2.75) is 6.92 Å². The van der Waals surface area contributed by atoms with E-state index in [1.54, 1.807) is 31.2 Å². The van der Waals surface area contributed by atoms with E-state index in [-0.39, 0.29) is 11.7 Å². The average molecular weight is 259 g/mol. The number of aryl methyl sites for hydroxylation is 1. The first kappa shape index (κ1) is 12.8. The first-order valence-electron chi connectivity index (χ1n) is 5.67. The highest BCUT2D eigenvalue weighted by Crippen LogP contribution is 2.16. The molecule has 0 saturated heterocycles. The first-order valence-corrected chi connectivity index (χ1v) is 5.67. The monoisotopic (exact) mass is 259 g/mol. The third-order valence-corrected chi connectivity index (χ3v) is 2.50. The lowest BCUT2D eigenvalue weighted by Crippen LogP contribution is -2.21. The summed E-state index contributed by atoms with van der Waals surface area (Å²) in [4.78, 5) is 23.6. The molecule has 2 N–H and O–H groups in total. The quantitative estimate of drug-likeness (QED) is 0.876. The molecule has 0 bridgehead atoms. The van der Waals surface area contributed by atoms with Gasteiger partial charge in [0.25, 0.3) is 11.8 Å². The first-order chi connectivity index (χ1) is 9.11. The second-order valence-corrected chi connectivity index (χ2v) is 3.91. The van der Waals surface area contributed by atoms with E-state index in [9.17, 15) is 9.59 Å². The Bertz CT molecular complexity index is 619. The zero-order valence-electron chi connectivity index (χ0n) is 10.6. The van der Waals surface area contributed by atoms with Crippen molar-refractivity contribution in [1.82, 2.24) is 10.5 Å². The van der Waals surface area contributed by atoms with Crippen LogP contribution in [0.25, 0.3) is 0 Å². The van der Waals surface area contributed by atoms with Crippen LogP contribution in [0.15, 0.2) is 34.9 Å². The number of anilines is 1. The molecule has 0 fully saturated rings. The molecular weight excluding hydrogens is 246 g/mol. The molecule has 98 valence electrons. The Kier molecular flexibility index (Phi) is 3.61. The molecule has 0 unspecified atom stereocenters. The normalized spacial score (nSPS) is 10.0. The van der Waals surface area contributed by atoms with Crippen molar-refractivity contribution < 1.29 is 14.1 Å². The Hall–Kier alpha value is -2.63. The second kappa shape index (κ2) is 5.34. The van der Waals surface area contributed by atoms with Gasteiger partial charge in [-0.3, -0.25) is 9.59 Å². The number of aromatic nitrogens is 1. The number of carbonyl (C=O) groups excluding carboxylic acids is 2. The van der Waals surface area contributed by atoms with Crippen molar-refractivity contribution in [2.75, 3.05) is 12.4 Å². The summed E-state index contributed by atoms with van der Waals surface area (Å²) in [6, 6.07) is 8.25. The van der Waals surface area contributed by atoms with Crippen molar-refractivity contribution in [2.24, 2.45) is 0 Å². The van der Waals surface area contributed by atoms with Crippen LogP contribution in [0.1, 0.15) is 26.6 Å². The Labute approximate surface area is 109 Å². The molecule has 6 heteroatoms. The molecule has 1 aromatic heterocycles. The Balaban J connectivity index is 2.24. The molecule has 0 atom stereocenters. The number of amides is 2. The summed E-state index contributed by atoms with van der Waals surface area (Å²) < 4.78 is 4.86. The molecule has 0 spiro atoms. The van der Waals surface area contributed by atoms with Gasteiger partial charge >= 0.3 is 0 Å². The van der Waals surface area contributed by atoms with Gasteiger partial charge in [-0.25, -0.2) is 0 Å². The van der Waals surface area contributed by atoms with E-state index in [1.165, 1.54) is 13.1 Å². The van der Waals surface area contributed by atoms with Crippen molar-refractivity contribution >= 4 is 17.5 Å². The minimum atomic E-state index is -0.447. The van der Waals surface area contributed by atoms with Crippen LogP contribution in [-0.2, 0) is 0 Å². The number of rotatable bonds is 3. The topological polar surface area (TPSA) is 84.2 Å². The molecule has 1 heterocycles. The maximum atomic E-state index is 11.9. The van der Waals surface area contributed by atoms with Gasteiger partial charge in [0.15, 0.2) is 0 Å². The minimum Gasteiger partial charge on any atom is -0.355 e. The van der Waals surface area contributed by atoms with Gasteiger partial charge in [0.1, 0.15) is 0 Å². The fraction of sp³-hybridized carbons (Fsp3) is 0.154. The van der Waals surface area contributed by atoms with Crippen LogP contribution in [0.2, 0.25) is 0 Å². The SMILES string of the molecule is CNC(=O)c1ccccc1NC(=O)c1cc(C)no1. The van der Waals surface area contributed by atoms with Crippen LogP contribution >= 0.6 is 0 Å². The Morgan fingerprint density at radius 1 is 1.21 bits per heavy atom. The zero-order valence-corrected chi connectivity index (χ0v) is 10.6. The van der Waals surface area contributed by atoms with Gasteiger partial charge in [0, 0.05) is 13.1 Å². The lowest BCUT2D eigenvalue weighted by Gasteiger charge is -2.08. The molecule has 2 rings (SSSR count). The van der Waals surface area contributed by atoms with Crippen molar-refractivity contribution in [3.63, 3.8) is 0 Å². The molecule has 0 aliphatic carbocycles. The van der Waals surface area contributed by atoms with Crippen LogP contribution in [0, 0.1) is 6.92 Å². The Morgan fingerprint density at radius 3 is 2.58 bits per heavy atom. The van der Waals surface area contributed by atoms with Crippen LogP contribution in [0.3, 0.4) is 0 Å². The number of nitrogens with one attached hydrogen (secondary N) is 2. The molecular formula is C13H13N3O3. The van der Waals surface area contributed by atoms with Crippen molar-refractivity contribution in [3.05, 3.63) is 47.3 Å². The summed E-state index contributed by atoms with van der Waals surface area (Å²) in [5, 5.41) is 8.77.